The summed E-state index contributed by atoms with van der Waals surface area (Å²) >= 11 is 1.50. The number of methoxy groups -OCH3 is 1. The number of ether oxygens (including phenoxy) is 1. The van der Waals surface area contributed by atoms with E-state index in [0.29, 0.717) is 17.1 Å². The first-order chi connectivity index (χ1) is 14.4. The first-order valence-electron chi connectivity index (χ1n) is 9.28. The largest absolute Gasteiger partial charge is 0.508 e. The molecule has 0 spiro atoms. The van der Waals surface area contributed by atoms with Gasteiger partial charge in [0.1, 0.15) is 11.5 Å². The second-order valence-corrected chi connectivity index (χ2v) is 7.87. The molecule has 0 aliphatic carbocycles. The molecule has 1 aromatic heterocycles. The van der Waals surface area contributed by atoms with Gasteiger partial charge in [0, 0.05) is 11.0 Å². The molecule has 0 aliphatic heterocycles. The van der Waals surface area contributed by atoms with E-state index in [-0.39, 0.29) is 17.9 Å². The van der Waals surface area contributed by atoms with E-state index < -0.39 is 23.1 Å². The standard InChI is InChI=1S/C23H22O6S/c1-14-4-3-5-18(10-14)30-13-17-11-20(25)22(27)23(29-17)19(12-21(26)28-2)15-6-8-16(24)9-7-15/h3-11,19,24,27H,12-13H2,1-2H3. The van der Waals surface area contributed by atoms with E-state index in [1.165, 1.54) is 37.1 Å². The van der Waals surface area contributed by atoms with E-state index in [2.05, 4.69) is 0 Å². The second-order valence-electron chi connectivity index (χ2n) is 6.82. The number of esters is 1. The Morgan fingerprint density at radius 2 is 1.87 bits per heavy atom. The molecule has 3 aromatic rings. The molecule has 0 saturated heterocycles. The van der Waals surface area contributed by atoms with Gasteiger partial charge in [-0.25, -0.2) is 0 Å². The molecule has 2 aromatic carbocycles. The fourth-order valence-corrected chi connectivity index (χ4v) is 3.94. The van der Waals surface area contributed by atoms with Crippen molar-refractivity contribution in [1.82, 2.24) is 0 Å². The molecule has 3 rings (SSSR count). The molecule has 0 saturated carbocycles. The number of phenolic OH excluding ortho intramolecular Hbond substituents is 1. The van der Waals surface area contributed by atoms with E-state index in [4.69, 9.17) is 9.15 Å². The highest BCUT2D eigenvalue weighted by atomic mass is 32.2. The zero-order chi connectivity index (χ0) is 21.7. The lowest BCUT2D eigenvalue weighted by Crippen LogP contribution is -2.14. The first-order valence-corrected chi connectivity index (χ1v) is 10.3. The third-order valence-electron chi connectivity index (χ3n) is 4.58. The van der Waals surface area contributed by atoms with E-state index in [0.717, 1.165) is 10.5 Å². The Labute approximate surface area is 178 Å². The number of carbonyl (C=O) groups excluding carboxylic acids is 1. The molecular formula is C23H22O6S. The van der Waals surface area contributed by atoms with Gasteiger partial charge in [-0.2, -0.15) is 0 Å². The number of thioether (sulfide) groups is 1. The quantitative estimate of drug-likeness (QED) is 0.428. The van der Waals surface area contributed by atoms with Crippen molar-refractivity contribution in [3.63, 3.8) is 0 Å². The second kappa shape index (κ2) is 9.54. The van der Waals surface area contributed by atoms with Crippen LogP contribution in [0.2, 0.25) is 0 Å². The van der Waals surface area contributed by atoms with Crippen LogP contribution in [0.5, 0.6) is 11.5 Å². The predicted octanol–water partition coefficient (Wildman–Crippen LogP) is 4.35. The van der Waals surface area contributed by atoms with E-state index >= 15 is 0 Å². The maximum absolute atomic E-state index is 12.4. The number of carbonyl (C=O) groups is 1. The summed E-state index contributed by atoms with van der Waals surface area (Å²) in [7, 11) is 1.27. The lowest BCUT2D eigenvalue weighted by atomic mass is 9.92. The highest BCUT2D eigenvalue weighted by molar-refractivity contribution is 7.98. The van der Waals surface area contributed by atoms with Crippen LogP contribution in [0.4, 0.5) is 0 Å². The summed E-state index contributed by atoms with van der Waals surface area (Å²) in [6, 6.07) is 15.3. The lowest BCUT2D eigenvalue weighted by Gasteiger charge is -2.17. The number of benzene rings is 2. The first kappa shape index (κ1) is 21.5. The van der Waals surface area contributed by atoms with Crippen molar-refractivity contribution < 1.29 is 24.2 Å². The molecule has 0 amide bonds. The Kier molecular flexibility index (Phi) is 6.84. The zero-order valence-corrected chi connectivity index (χ0v) is 17.4. The summed E-state index contributed by atoms with van der Waals surface area (Å²) < 4.78 is 10.7. The van der Waals surface area contributed by atoms with Crippen LogP contribution in [0.1, 0.15) is 35.0 Å². The van der Waals surface area contributed by atoms with E-state index in [1.54, 1.807) is 12.1 Å². The van der Waals surface area contributed by atoms with Crippen LogP contribution in [0, 0.1) is 6.92 Å². The van der Waals surface area contributed by atoms with Crippen LogP contribution in [0.15, 0.2) is 68.7 Å². The van der Waals surface area contributed by atoms with Crippen molar-refractivity contribution >= 4 is 17.7 Å². The third kappa shape index (κ3) is 5.24. The number of aromatic hydroxyl groups is 2. The molecule has 1 atom stereocenters. The Hall–Kier alpha value is -3.19. The predicted molar refractivity (Wildman–Crippen MR) is 114 cm³/mol. The lowest BCUT2D eigenvalue weighted by molar-refractivity contribution is -0.140. The average molecular weight is 426 g/mol. The van der Waals surface area contributed by atoms with Gasteiger partial charge in [0.05, 0.1) is 25.2 Å². The summed E-state index contributed by atoms with van der Waals surface area (Å²) in [5.41, 5.74) is 1.14. The molecule has 1 heterocycles. The maximum atomic E-state index is 12.4. The normalized spacial score (nSPS) is 11.8. The maximum Gasteiger partial charge on any atom is 0.306 e. The molecule has 0 radical (unpaired) electrons. The van der Waals surface area contributed by atoms with Crippen molar-refractivity contribution in [2.45, 2.75) is 29.9 Å². The molecule has 0 aliphatic rings. The van der Waals surface area contributed by atoms with Crippen LogP contribution < -0.4 is 5.43 Å². The minimum Gasteiger partial charge on any atom is -0.508 e. The van der Waals surface area contributed by atoms with Gasteiger partial charge in [-0.3, -0.25) is 9.59 Å². The molecule has 0 fully saturated rings. The van der Waals surface area contributed by atoms with E-state index in [9.17, 15) is 19.8 Å². The molecule has 30 heavy (non-hydrogen) atoms. The van der Waals surface area contributed by atoms with Gasteiger partial charge in [-0.05, 0) is 36.8 Å². The SMILES string of the molecule is COC(=O)CC(c1ccc(O)cc1)c1oc(CSc2cccc(C)c2)cc(=O)c1O. The fourth-order valence-electron chi connectivity index (χ4n) is 3.04. The summed E-state index contributed by atoms with van der Waals surface area (Å²) in [5.74, 6) is -0.978. The number of hydrogen-bond acceptors (Lipinski definition) is 7. The van der Waals surface area contributed by atoms with Crippen molar-refractivity contribution in [1.29, 1.82) is 0 Å². The van der Waals surface area contributed by atoms with Crippen LogP contribution in [-0.2, 0) is 15.3 Å². The van der Waals surface area contributed by atoms with Crippen LogP contribution in [-0.4, -0.2) is 23.3 Å². The van der Waals surface area contributed by atoms with Gasteiger partial charge >= 0.3 is 5.97 Å². The molecule has 1 unspecified atom stereocenters. The van der Waals surface area contributed by atoms with Crippen LogP contribution in [0.25, 0.3) is 0 Å². The summed E-state index contributed by atoms with van der Waals surface area (Å²) in [5, 5.41) is 20.0. The Morgan fingerprint density at radius 3 is 2.53 bits per heavy atom. The van der Waals surface area contributed by atoms with Gasteiger partial charge in [-0.1, -0.05) is 29.8 Å². The number of aryl methyl sites for hydroxylation is 1. The molecule has 0 bridgehead atoms. The summed E-state index contributed by atoms with van der Waals surface area (Å²) in [6.45, 7) is 2.00. The van der Waals surface area contributed by atoms with Crippen LogP contribution in [0.3, 0.4) is 0 Å². The topological polar surface area (TPSA) is 97.0 Å². The summed E-state index contributed by atoms with van der Waals surface area (Å²) in [4.78, 5) is 25.4. The van der Waals surface area contributed by atoms with Gasteiger partial charge in [0.25, 0.3) is 0 Å². The average Bonchev–Trinajstić information content (AvgIpc) is 2.73. The Morgan fingerprint density at radius 1 is 1.13 bits per heavy atom. The van der Waals surface area contributed by atoms with Crippen molar-refractivity contribution in [3.8, 4) is 11.5 Å². The molecule has 156 valence electrons. The van der Waals surface area contributed by atoms with Crippen molar-refractivity contribution in [2.75, 3.05) is 7.11 Å². The van der Waals surface area contributed by atoms with Crippen LogP contribution >= 0.6 is 11.8 Å². The van der Waals surface area contributed by atoms with Gasteiger partial charge in [-0.15, -0.1) is 11.8 Å². The van der Waals surface area contributed by atoms with Crippen molar-refractivity contribution in [2.24, 2.45) is 0 Å². The van der Waals surface area contributed by atoms with E-state index in [1.807, 2.05) is 31.2 Å². The third-order valence-corrected chi connectivity index (χ3v) is 5.60. The van der Waals surface area contributed by atoms with Crippen molar-refractivity contribution in [3.05, 3.63) is 87.5 Å². The van der Waals surface area contributed by atoms with Gasteiger partial charge in [0.2, 0.25) is 11.2 Å². The Balaban J connectivity index is 1.96. The number of rotatable bonds is 7. The van der Waals surface area contributed by atoms with Gasteiger partial charge < -0.3 is 19.4 Å². The van der Waals surface area contributed by atoms with Gasteiger partial charge in [0.15, 0.2) is 5.76 Å². The molecular weight excluding hydrogens is 404 g/mol. The minimum absolute atomic E-state index is 0.00145. The highest BCUT2D eigenvalue weighted by Gasteiger charge is 2.26. The monoisotopic (exact) mass is 426 g/mol. The summed E-state index contributed by atoms with van der Waals surface area (Å²) in [6.07, 6.45) is -0.133. The number of hydrogen-bond donors (Lipinski definition) is 2. The molecule has 6 nitrogen and oxygen atoms in total. The highest BCUT2D eigenvalue weighted by Crippen LogP contribution is 2.35. The molecule has 2 N–H and O–H groups in total. The number of phenols is 1. The fraction of sp³-hybridized carbons (Fsp3) is 0.217. The Bertz CT molecular complexity index is 1090. The smallest absolute Gasteiger partial charge is 0.306 e. The molecule has 7 heteroatoms. The minimum atomic E-state index is -0.741. The zero-order valence-electron chi connectivity index (χ0n) is 16.6.